The highest BCUT2D eigenvalue weighted by atomic mass is 28.4. The van der Waals surface area contributed by atoms with Crippen LogP contribution >= 0.6 is 0 Å². The first-order valence-corrected chi connectivity index (χ1v) is 20.1. The van der Waals surface area contributed by atoms with E-state index in [1.807, 2.05) is 84.9 Å². The summed E-state index contributed by atoms with van der Waals surface area (Å²) in [5.74, 6) is 0.305. The number of aromatic hydroxyl groups is 2. The van der Waals surface area contributed by atoms with E-state index in [0.717, 1.165) is 22.3 Å². The van der Waals surface area contributed by atoms with Crippen LogP contribution in [-0.4, -0.2) is 72.3 Å². The van der Waals surface area contributed by atoms with Crippen molar-refractivity contribution < 1.29 is 22.9 Å². The van der Waals surface area contributed by atoms with Gasteiger partial charge in [-0.3, -0.25) is 15.0 Å². The van der Waals surface area contributed by atoms with Gasteiger partial charge in [0.15, 0.2) is 0 Å². The van der Waals surface area contributed by atoms with Gasteiger partial charge < -0.3 is 22.9 Å². The Morgan fingerprint density at radius 2 is 1.19 bits per heavy atom. The zero-order valence-corrected chi connectivity index (χ0v) is 34.1. The van der Waals surface area contributed by atoms with Crippen LogP contribution in [0.3, 0.4) is 0 Å². The zero-order valence-electron chi connectivity index (χ0n) is 31.1. The molecule has 4 aromatic rings. The summed E-state index contributed by atoms with van der Waals surface area (Å²) in [5, 5.41) is 22.8. The maximum absolute atomic E-state index is 11.5. The molecule has 0 saturated carbocycles. The summed E-state index contributed by atoms with van der Waals surface area (Å²) in [6, 6.07) is 29.3. The van der Waals surface area contributed by atoms with Gasteiger partial charge in [0.2, 0.25) is 21.0 Å². The molecule has 52 heavy (non-hydrogen) atoms. The van der Waals surface area contributed by atoms with Gasteiger partial charge >= 0.3 is 8.80 Å². The average Bonchev–Trinajstić information content (AvgIpc) is 3.13. The highest BCUT2D eigenvalue weighted by Gasteiger charge is 2.35. The van der Waals surface area contributed by atoms with Crippen molar-refractivity contribution in [1.82, 2.24) is 0 Å². The van der Waals surface area contributed by atoms with Crippen molar-refractivity contribution in [3.05, 3.63) is 130 Å². The van der Waals surface area contributed by atoms with E-state index in [4.69, 9.17) is 22.6 Å². The normalized spacial score (nSPS) is 14.1. The summed E-state index contributed by atoms with van der Waals surface area (Å²) in [6.45, 7) is 13.3. The monoisotopic (exact) mass is 747 g/mol. The van der Waals surface area contributed by atoms with Crippen molar-refractivity contribution in [1.29, 1.82) is 0 Å². The third-order valence-electron chi connectivity index (χ3n) is 8.86. The van der Waals surface area contributed by atoms with Crippen LogP contribution in [-0.2, 0) is 23.5 Å². The van der Waals surface area contributed by atoms with Crippen LogP contribution in [0.2, 0.25) is 6.04 Å². The molecule has 4 rings (SSSR count). The van der Waals surface area contributed by atoms with Gasteiger partial charge in [-0.2, -0.15) is 0 Å². The van der Waals surface area contributed by atoms with E-state index >= 15 is 0 Å². The average molecular weight is 748 g/mol. The van der Waals surface area contributed by atoms with Crippen LogP contribution < -0.4 is 0 Å². The Labute approximate surface area is 317 Å². The van der Waals surface area contributed by atoms with Crippen molar-refractivity contribution in [3.63, 3.8) is 0 Å². The van der Waals surface area contributed by atoms with E-state index < -0.39 is 20.9 Å². The largest absolute Gasteiger partial charge is 0.507 e. The fraction of sp³-hybridized carbons (Fsp3) is 0.341. The summed E-state index contributed by atoms with van der Waals surface area (Å²) < 4.78 is 15.9. The molecule has 2 atom stereocenters. The minimum Gasteiger partial charge on any atom is -0.507 e. The molecule has 0 amide bonds. The molecule has 0 saturated heterocycles. The fourth-order valence-electron chi connectivity index (χ4n) is 5.73. The number of aliphatic imine (C=N–C) groups is 3. The maximum Gasteiger partial charge on any atom is 0.479 e. The van der Waals surface area contributed by atoms with Crippen molar-refractivity contribution in [2.45, 2.75) is 76.9 Å². The first-order valence-electron chi connectivity index (χ1n) is 17.3. The molecule has 0 aliphatic carbocycles. The Morgan fingerprint density at radius 3 is 1.67 bits per heavy atom. The molecule has 2 N–H and O–H groups in total. The molecule has 0 aliphatic rings. The number of phenolic OH excluding ortho intramolecular Hbond substituents is 2. The minimum atomic E-state index is -2.83. The Hall–Kier alpha value is -3.98. The van der Waals surface area contributed by atoms with Crippen molar-refractivity contribution in [2.24, 2.45) is 15.0 Å². The molecule has 0 bridgehead atoms. The lowest BCUT2D eigenvalue weighted by molar-refractivity contribution is 0.218. The Kier molecular flexibility index (Phi) is 14.3. The molecule has 8 nitrogen and oxygen atoms in total. The van der Waals surface area contributed by atoms with Gasteiger partial charge in [0.1, 0.15) is 23.6 Å². The molecule has 0 aliphatic heterocycles. The fourth-order valence-corrected chi connectivity index (χ4v) is 8.55. The van der Waals surface area contributed by atoms with E-state index in [1.165, 1.54) is 7.11 Å². The van der Waals surface area contributed by atoms with E-state index in [-0.39, 0.29) is 22.3 Å². The van der Waals surface area contributed by atoms with E-state index in [2.05, 4.69) is 73.6 Å². The summed E-state index contributed by atoms with van der Waals surface area (Å²) in [4.78, 5) is 14.8. The van der Waals surface area contributed by atoms with E-state index in [1.54, 1.807) is 18.6 Å². The number of hydrogen-bond acceptors (Lipinski definition) is 8. The SMILES string of the molecule is CO[Si](CCCN=Cc1cccc(C=N[C@H](c2ccccc2)[C@@H](N=Cc2cc(C(C)(C)C)cc(C(C)(C)C)c2O)c2ccccc2)c1O)(O[Si])O[Si]. The second-order valence-corrected chi connectivity index (χ2v) is 18.7. The molecule has 0 heterocycles. The van der Waals surface area contributed by atoms with Crippen LogP contribution in [0.4, 0.5) is 0 Å². The van der Waals surface area contributed by atoms with Crippen molar-refractivity contribution in [3.8, 4) is 11.5 Å². The predicted octanol–water partition coefficient (Wildman–Crippen LogP) is 8.31. The smallest absolute Gasteiger partial charge is 0.479 e. The molecular formula is C41H49N3O5Si3. The van der Waals surface area contributed by atoms with E-state index in [9.17, 15) is 10.2 Å². The van der Waals surface area contributed by atoms with Crippen molar-refractivity contribution >= 4 is 48.4 Å². The van der Waals surface area contributed by atoms with Crippen LogP contribution in [0, 0.1) is 0 Å². The Balaban J connectivity index is 1.73. The third-order valence-corrected chi connectivity index (χ3v) is 12.9. The topological polar surface area (TPSA) is 105 Å². The minimum absolute atomic E-state index is 0.0767. The van der Waals surface area contributed by atoms with Crippen LogP contribution in [0.15, 0.2) is 106 Å². The second kappa shape index (κ2) is 18.2. The lowest BCUT2D eigenvalue weighted by atomic mass is 9.79. The molecule has 270 valence electrons. The molecule has 11 heteroatoms. The summed E-state index contributed by atoms with van der Waals surface area (Å²) in [7, 11) is 4.80. The van der Waals surface area contributed by atoms with E-state index in [0.29, 0.717) is 35.7 Å². The molecule has 4 aromatic carbocycles. The number of para-hydroxylation sites is 1. The van der Waals surface area contributed by atoms with Crippen LogP contribution in [0.1, 0.15) is 99.0 Å². The molecule has 0 spiro atoms. The van der Waals surface area contributed by atoms with Gasteiger partial charge in [0, 0.05) is 60.6 Å². The van der Waals surface area contributed by atoms with Crippen molar-refractivity contribution in [2.75, 3.05) is 13.7 Å². The Morgan fingerprint density at radius 1 is 0.673 bits per heavy atom. The maximum atomic E-state index is 11.5. The summed E-state index contributed by atoms with van der Waals surface area (Å²) >= 11 is 0. The van der Waals surface area contributed by atoms with Gasteiger partial charge in [-0.05, 0) is 52.1 Å². The summed E-state index contributed by atoms with van der Waals surface area (Å²) in [6.07, 6.45) is 5.79. The first-order chi connectivity index (χ1) is 24.7. The first kappa shape index (κ1) is 40.8. The van der Waals surface area contributed by atoms with Gasteiger partial charge in [0.05, 0.1) is 0 Å². The number of benzene rings is 4. The van der Waals surface area contributed by atoms with Gasteiger partial charge in [-0.25, -0.2) is 0 Å². The van der Waals surface area contributed by atoms with Gasteiger partial charge in [0.25, 0.3) is 0 Å². The van der Waals surface area contributed by atoms with Gasteiger partial charge in [-0.15, -0.1) is 0 Å². The molecule has 0 fully saturated rings. The molecule has 0 unspecified atom stereocenters. The van der Waals surface area contributed by atoms with Crippen LogP contribution in [0.25, 0.3) is 0 Å². The van der Waals surface area contributed by atoms with Crippen LogP contribution in [0.5, 0.6) is 11.5 Å². The number of rotatable bonds is 15. The predicted molar refractivity (Wildman–Crippen MR) is 215 cm³/mol. The lowest BCUT2D eigenvalue weighted by Crippen LogP contribution is -2.43. The number of nitrogens with zero attached hydrogens (tertiary/aromatic N) is 3. The zero-order chi connectivity index (χ0) is 37.9. The Bertz CT molecular complexity index is 1830. The lowest BCUT2D eigenvalue weighted by Gasteiger charge is -2.27. The third kappa shape index (κ3) is 10.6. The number of phenols is 2. The second-order valence-electron chi connectivity index (χ2n) is 14.7. The molecular weight excluding hydrogens is 699 g/mol. The number of hydrogen-bond donors (Lipinski definition) is 2. The highest BCUT2D eigenvalue weighted by Crippen LogP contribution is 2.39. The molecule has 0 aromatic heterocycles. The summed E-state index contributed by atoms with van der Waals surface area (Å²) in [5.41, 5.74) is 5.31. The highest BCUT2D eigenvalue weighted by molar-refractivity contribution is 6.66. The van der Waals surface area contributed by atoms with Gasteiger partial charge in [-0.1, -0.05) is 114 Å². The standard InChI is InChI=1S/C41H49N3O5Si3/c1-40(2,3)34-24-33(39(46)35(25-34)41(4,5)6)28-44-37(30-18-12-9-13-19-30)36(29-16-10-8-11-17-29)43-27-32-21-14-20-31(38(32)45)26-42-22-15-23-52(47-7,48-50)49-51/h8-14,16-21,24-28,36-37,45-46H,15,22-23H2,1-7H3/t36-,37+/m1/s1. The molecule has 6 radical (unpaired) electrons. The quantitative estimate of drug-likeness (QED) is 0.0724.